The smallest absolute Gasteiger partial charge is 0.0111 e. The second kappa shape index (κ2) is 7.77. The van der Waals surface area contributed by atoms with Gasteiger partial charge in [0.1, 0.15) is 0 Å². The van der Waals surface area contributed by atoms with Crippen LogP contribution in [0.2, 0.25) is 0 Å². The number of nitrogens with one attached hydrogen (secondary N) is 1. The van der Waals surface area contributed by atoms with Crippen molar-refractivity contribution in [3.63, 3.8) is 0 Å². The van der Waals surface area contributed by atoms with Gasteiger partial charge >= 0.3 is 0 Å². The molecule has 1 rings (SSSR count). The van der Waals surface area contributed by atoms with Gasteiger partial charge in [0.15, 0.2) is 0 Å². The summed E-state index contributed by atoms with van der Waals surface area (Å²) in [5.41, 5.74) is 0. The molecule has 0 radical (unpaired) electrons. The molecule has 1 aliphatic heterocycles. The second-order valence-corrected chi connectivity index (χ2v) is 5.60. The molecule has 76 valence electrons. The molecule has 1 fully saturated rings. The molecule has 0 amide bonds. The first kappa shape index (κ1) is 11.5. The SMILES string of the molecule is C=CCSCCNCC1CCSC1. The summed E-state index contributed by atoms with van der Waals surface area (Å²) in [5, 5.41) is 3.52. The van der Waals surface area contributed by atoms with E-state index in [-0.39, 0.29) is 0 Å². The molecule has 1 N–H and O–H groups in total. The third-order valence-corrected chi connectivity index (χ3v) is 4.31. The van der Waals surface area contributed by atoms with Crippen LogP contribution >= 0.6 is 23.5 Å². The second-order valence-electron chi connectivity index (χ2n) is 3.30. The maximum Gasteiger partial charge on any atom is 0.0111 e. The van der Waals surface area contributed by atoms with E-state index in [1.165, 1.54) is 30.2 Å². The molecule has 1 aliphatic rings. The average molecular weight is 217 g/mol. The minimum Gasteiger partial charge on any atom is -0.316 e. The van der Waals surface area contributed by atoms with Crippen molar-refractivity contribution in [2.75, 3.05) is 36.1 Å². The Hall–Kier alpha value is 0.400. The Labute approximate surface area is 90.1 Å². The zero-order chi connectivity index (χ0) is 9.36. The number of thioether (sulfide) groups is 2. The lowest BCUT2D eigenvalue weighted by Crippen LogP contribution is -2.24. The molecule has 1 atom stereocenters. The number of rotatable bonds is 7. The zero-order valence-corrected chi connectivity index (χ0v) is 9.76. The summed E-state index contributed by atoms with van der Waals surface area (Å²) in [6.07, 6.45) is 3.38. The van der Waals surface area contributed by atoms with Crippen molar-refractivity contribution >= 4 is 23.5 Å². The van der Waals surface area contributed by atoms with E-state index >= 15 is 0 Å². The van der Waals surface area contributed by atoms with Crippen LogP contribution in [0.5, 0.6) is 0 Å². The average Bonchev–Trinajstić information content (AvgIpc) is 2.63. The molecule has 1 saturated heterocycles. The maximum absolute atomic E-state index is 3.70. The molecule has 0 saturated carbocycles. The Morgan fingerprint density at radius 2 is 2.54 bits per heavy atom. The molecule has 0 aromatic carbocycles. The highest BCUT2D eigenvalue weighted by Crippen LogP contribution is 2.22. The normalized spacial score (nSPS) is 22.0. The molecule has 0 bridgehead atoms. The van der Waals surface area contributed by atoms with Crippen LogP contribution in [-0.4, -0.2) is 36.1 Å². The summed E-state index contributed by atoms with van der Waals surface area (Å²) in [6, 6.07) is 0. The Morgan fingerprint density at radius 1 is 1.62 bits per heavy atom. The summed E-state index contributed by atoms with van der Waals surface area (Å²) >= 11 is 4.05. The molecule has 0 aliphatic carbocycles. The molecule has 1 nitrogen and oxygen atoms in total. The van der Waals surface area contributed by atoms with Crippen molar-refractivity contribution in [2.45, 2.75) is 6.42 Å². The van der Waals surface area contributed by atoms with E-state index in [4.69, 9.17) is 0 Å². The van der Waals surface area contributed by atoms with Gasteiger partial charge in [-0.1, -0.05) is 6.08 Å². The van der Waals surface area contributed by atoms with Crippen molar-refractivity contribution in [1.82, 2.24) is 5.32 Å². The van der Waals surface area contributed by atoms with Crippen LogP contribution < -0.4 is 5.32 Å². The lowest BCUT2D eigenvalue weighted by atomic mass is 10.1. The van der Waals surface area contributed by atoms with Crippen LogP contribution in [0.4, 0.5) is 0 Å². The summed E-state index contributed by atoms with van der Waals surface area (Å²) in [5.74, 6) is 5.98. The zero-order valence-electron chi connectivity index (χ0n) is 8.13. The Bertz CT molecular complexity index is 133. The third-order valence-electron chi connectivity index (χ3n) is 2.12. The molecule has 0 aromatic heterocycles. The van der Waals surface area contributed by atoms with Crippen LogP contribution in [0.1, 0.15) is 6.42 Å². The van der Waals surface area contributed by atoms with Crippen molar-refractivity contribution < 1.29 is 0 Å². The fourth-order valence-electron chi connectivity index (χ4n) is 1.36. The Morgan fingerprint density at radius 3 is 3.23 bits per heavy atom. The quantitative estimate of drug-likeness (QED) is 0.519. The lowest BCUT2D eigenvalue weighted by molar-refractivity contribution is 0.536. The molecule has 13 heavy (non-hydrogen) atoms. The first-order chi connectivity index (χ1) is 6.43. The van der Waals surface area contributed by atoms with E-state index in [0.29, 0.717) is 0 Å². The molecule has 0 aromatic rings. The highest BCUT2D eigenvalue weighted by molar-refractivity contribution is 7.99. The fourth-order valence-corrected chi connectivity index (χ4v) is 3.27. The molecule has 1 heterocycles. The Balaban J connectivity index is 1.80. The van der Waals surface area contributed by atoms with Crippen molar-refractivity contribution in [3.8, 4) is 0 Å². The van der Waals surface area contributed by atoms with E-state index < -0.39 is 0 Å². The van der Waals surface area contributed by atoms with Gasteiger partial charge in [-0.2, -0.15) is 23.5 Å². The summed E-state index contributed by atoms with van der Waals surface area (Å²) in [7, 11) is 0. The standard InChI is InChI=1S/C10H19NS2/c1-2-5-12-7-4-11-8-10-3-6-13-9-10/h2,10-11H,1,3-9H2. The highest BCUT2D eigenvalue weighted by Gasteiger charge is 2.13. The first-order valence-electron chi connectivity index (χ1n) is 4.90. The largest absolute Gasteiger partial charge is 0.316 e. The molecular weight excluding hydrogens is 198 g/mol. The van der Waals surface area contributed by atoms with E-state index in [0.717, 1.165) is 18.2 Å². The van der Waals surface area contributed by atoms with Gasteiger partial charge in [-0.3, -0.25) is 0 Å². The first-order valence-corrected chi connectivity index (χ1v) is 7.21. The minimum absolute atomic E-state index is 0.939. The van der Waals surface area contributed by atoms with Gasteiger partial charge in [-0.05, 0) is 30.4 Å². The van der Waals surface area contributed by atoms with E-state index in [1.807, 2.05) is 17.8 Å². The van der Waals surface area contributed by atoms with Gasteiger partial charge in [-0.15, -0.1) is 6.58 Å². The minimum atomic E-state index is 0.939. The summed E-state index contributed by atoms with van der Waals surface area (Å²) in [6.45, 7) is 6.07. The van der Waals surface area contributed by atoms with Gasteiger partial charge in [0.05, 0.1) is 0 Å². The lowest BCUT2D eigenvalue weighted by Gasteiger charge is -2.08. The number of hydrogen-bond acceptors (Lipinski definition) is 3. The van der Waals surface area contributed by atoms with Crippen LogP contribution in [0.3, 0.4) is 0 Å². The van der Waals surface area contributed by atoms with E-state index in [9.17, 15) is 0 Å². The van der Waals surface area contributed by atoms with Gasteiger partial charge in [0.25, 0.3) is 0 Å². The monoisotopic (exact) mass is 217 g/mol. The predicted molar refractivity (Wildman–Crippen MR) is 65.8 cm³/mol. The molecule has 0 spiro atoms. The number of hydrogen-bond donors (Lipinski definition) is 1. The van der Waals surface area contributed by atoms with Gasteiger partial charge in [0.2, 0.25) is 0 Å². The van der Waals surface area contributed by atoms with Gasteiger partial charge in [-0.25, -0.2) is 0 Å². The van der Waals surface area contributed by atoms with Crippen molar-refractivity contribution in [1.29, 1.82) is 0 Å². The van der Waals surface area contributed by atoms with Crippen molar-refractivity contribution in [2.24, 2.45) is 5.92 Å². The van der Waals surface area contributed by atoms with E-state index in [2.05, 4.69) is 23.7 Å². The summed E-state index contributed by atoms with van der Waals surface area (Å²) < 4.78 is 0. The Kier molecular flexibility index (Phi) is 6.86. The molecular formula is C10H19NS2. The molecule has 3 heteroatoms. The van der Waals surface area contributed by atoms with Crippen LogP contribution in [0, 0.1) is 5.92 Å². The van der Waals surface area contributed by atoms with Gasteiger partial charge < -0.3 is 5.32 Å². The van der Waals surface area contributed by atoms with Crippen LogP contribution in [-0.2, 0) is 0 Å². The predicted octanol–water partition coefficient (Wildman–Crippen LogP) is 2.25. The van der Waals surface area contributed by atoms with E-state index in [1.54, 1.807) is 0 Å². The third kappa shape index (κ3) is 5.66. The molecule has 1 unspecified atom stereocenters. The van der Waals surface area contributed by atoms with Crippen LogP contribution in [0.25, 0.3) is 0 Å². The summed E-state index contributed by atoms with van der Waals surface area (Å²) in [4.78, 5) is 0. The highest BCUT2D eigenvalue weighted by atomic mass is 32.2. The van der Waals surface area contributed by atoms with Gasteiger partial charge in [0, 0.05) is 18.1 Å². The van der Waals surface area contributed by atoms with Crippen molar-refractivity contribution in [3.05, 3.63) is 12.7 Å². The maximum atomic E-state index is 3.70. The van der Waals surface area contributed by atoms with Crippen LogP contribution in [0.15, 0.2) is 12.7 Å². The topological polar surface area (TPSA) is 12.0 Å². The fraction of sp³-hybridized carbons (Fsp3) is 0.800.